The molecule has 228 valence electrons. The number of hydrogen-bond donors (Lipinski definition) is 3. The molecular weight excluding hydrogens is 543 g/mol. The van der Waals surface area contributed by atoms with E-state index in [0.717, 1.165) is 24.7 Å². The highest BCUT2D eigenvalue weighted by Gasteiger charge is 2.38. The number of alkyl halides is 3. The summed E-state index contributed by atoms with van der Waals surface area (Å²) >= 11 is 1.32. The van der Waals surface area contributed by atoms with Crippen molar-refractivity contribution in [2.24, 2.45) is 17.8 Å². The molecular formula is C29H46F3N3O4S. The van der Waals surface area contributed by atoms with Crippen molar-refractivity contribution in [3.8, 4) is 0 Å². The van der Waals surface area contributed by atoms with Gasteiger partial charge in [0.15, 0.2) is 5.69 Å². The Kier molecular flexibility index (Phi) is 16.3. The number of carboxylic acids is 2. The van der Waals surface area contributed by atoms with E-state index in [4.69, 9.17) is 5.11 Å². The topological polar surface area (TPSA) is 112 Å². The van der Waals surface area contributed by atoms with Crippen molar-refractivity contribution in [3.05, 3.63) is 29.1 Å². The van der Waals surface area contributed by atoms with E-state index in [1.165, 1.54) is 62.3 Å². The van der Waals surface area contributed by atoms with Crippen molar-refractivity contribution in [1.82, 2.24) is 9.97 Å². The van der Waals surface area contributed by atoms with Crippen molar-refractivity contribution in [3.63, 3.8) is 0 Å². The van der Waals surface area contributed by atoms with Crippen molar-refractivity contribution in [2.75, 3.05) is 16.8 Å². The van der Waals surface area contributed by atoms with Gasteiger partial charge in [-0.05, 0) is 37.5 Å². The summed E-state index contributed by atoms with van der Waals surface area (Å²) in [5.74, 6) is -0.779. The first-order valence-electron chi connectivity index (χ1n) is 14.1. The van der Waals surface area contributed by atoms with Gasteiger partial charge in [0, 0.05) is 17.7 Å². The molecule has 2 unspecified atom stereocenters. The number of aromatic carboxylic acids is 1. The molecule has 0 bridgehead atoms. The summed E-state index contributed by atoms with van der Waals surface area (Å²) in [4.78, 5) is 29.4. The third-order valence-electron chi connectivity index (χ3n) is 6.86. The Morgan fingerprint density at radius 1 is 1.00 bits per heavy atom. The number of anilines is 1. The highest BCUT2D eigenvalue weighted by Crippen LogP contribution is 2.31. The van der Waals surface area contributed by atoms with Gasteiger partial charge in [0.25, 0.3) is 0 Å². The zero-order valence-corrected chi connectivity index (χ0v) is 25.2. The van der Waals surface area contributed by atoms with Crippen molar-refractivity contribution < 1.29 is 33.0 Å². The fourth-order valence-electron chi connectivity index (χ4n) is 4.35. The van der Waals surface area contributed by atoms with Gasteiger partial charge >= 0.3 is 18.1 Å². The summed E-state index contributed by atoms with van der Waals surface area (Å²) in [6.45, 7) is 11.3. The molecule has 0 aliphatic rings. The molecule has 11 heteroatoms. The Balaban J connectivity index is 2.40. The maximum Gasteiger partial charge on any atom is 0.434 e. The summed E-state index contributed by atoms with van der Waals surface area (Å²) in [6.07, 6.45) is 8.59. The molecule has 0 aromatic carbocycles. The van der Waals surface area contributed by atoms with Crippen LogP contribution >= 0.6 is 11.8 Å². The van der Waals surface area contributed by atoms with E-state index in [9.17, 15) is 27.9 Å². The number of aliphatic carboxylic acids is 1. The Bertz CT molecular complexity index is 957. The second-order valence-corrected chi connectivity index (χ2v) is 12.3. The number of hydrogen-bond acceptors (Lipinski definition) is 6. The first-order chi connectivity index (χ1) is 18.7. The molecule has 0 fully saturated rings. The lowest BCUT2D eigenvalue weighted by Gasteiger charge is -2.16. The molecule has 0 aliphatic carbocycles. The average molecular weight is 590 g/mol. The Morgan fingerprint density at radius 2 is 1.57 bits per heavy atom. The van der Waals surface area contributed by atoms with Crippen molar-refractivity contribution in [2.45, 2.75) is 105 Å². The van der Waals surface area contributed by atoms with Gasteiger partial charge in [-0.25, -0.2) is 19.6 Å². The van der Waals surface area contributed by atoms with Crippen LogP contribution in [0.25, 0.3) is 0 Å². The third kappa shape index (κ3) is 14.9. The molecule has 40 heavy (non-hydrogen) atoms. The van der Waals surface area contributed by atoms with Crippen LogP contribution in [0.1, 0.15) is 108 Å². The highest BCUT2D eigenvalue weighted by molar-refractivity contribution is 7.99. The Hall–Kier alpha value is -2.30. The molecule has 0 radical (unpaired) electrons. The fraction of sp³-hybridized carbons (Fsp3) is 0.724. The third-order valence-corrected chi connectivity index (χ3v) is 7.83. The van der Waals surface area contributed by atoms with Gasteiger partial charge in [-0.3, -0.25) is 0 Å². The van der Waals surface area contributed by atoms with Crippen LogP contribution in [0.3, 0.4) is 0 Å². The molecule has 0 spiro atoms. The van der Waals surface area contributed by atoms with Gasteiger partial charge in [0.2, 0.25) is 5.95 Å². The summed E-state index contributed by atoms with van der Waals surface area (Å²) in [6, 6.07) is -1.24. The molecule has 0 saturated heterocycles. The van der Waals surface area contributed by atoms with Gasteiger partial charge in [-0.1, -0.05) is 84.3 Å². The fourth-order valence-corrected chi connectivity index (χ4v) is 5.35. The average Bonchev–Trinajstić information content (AvgIpc) is 2.84. The zero-order chi connectivity index (χ0) is 30.3. The number of carbonyl (C=O) groups is 2. The number of carboxylic acid groups (broad SMARTS) is 2. The number of halogens is 3. The maximum atomic E-state index is 13.2. The summed E-state index contributed by atoms with van der Waals surface area (Å²) in [5.41, 5.74) is -1.51. The van der Waals surface area contributed by atoms with Crippen LogP contribution in [-0.2, 0) is 11.0 Å². The van der Waals surface area contributed by atoms with Crippen LogP contribution in [-0.4, -0.2) is 49.7 Å². The predicted molar refractivity (Wildman–Crippen MR) is 155 cm³/mol. The van der Waals surface area contributed by atoms with Crippen LogP contribution in [0.5, 0.6) is 0 Å². The second-order valence-electron chi connectivity index (χ2n) is 11.2. The van der Waals surface area contributed by atoms with Gasteiger partial charge in [-0.2, -0.15) is 24.9 Å². The van der Waals surface area contributed by atoms with Gasteiger partial charge in [0.05, 0.1) is 0 Å². The smallest absolute Gasteiger partial charge is 0.434 e. The van der Waals surface area contributed by atoms with Crippen LogP contribution in [0.15, 0.2) is 17.8 Å². The highest BCUT2D eigenvalue weighted by atomic mass is 32.2. The zero-order valence-electron chi connectivity index (χ0n) is 24.4. The lowest BCUT2D eigenvalue weighted by molar-refractivity contribution is -0.141. The quantitative estimate of drug-likeness (QED) is 0.103. The minimum absolute atomic E-state index is 0.0669. The van der Waals surface area contributed by atoms with Crippen molar-refractivity contribution >= 4 is 29.6 Å². The van der Waals surface area contributed by atoms with E-state index in [0.29, 0.717) is 17.9 Å². The van der Waals surface area contributed by atoms with Crippen molar-refractivity contribution in [1.29, 1.82) is 0 Å². The van der Waals surface area contributed by atoms with E-state index >= 15 is 0 Å². The van der Waals surface area contributed by atoms with Crippen LogP contribution in [0, 0.1) is 17.8 Å². The second kappa shape index (κ2) is 18.2. The predicted octanol–water partition coefficient (Wildman–Crippen LogP) is 8.18. The standard InChI is InChI=1S/C29H46F3N3O4S/c1-19(2)9-6-10-20(3)11-7-12-21(4)13-8-14-22(5)15-16-40-18-24(27(38)39)34-28-33-17-23(26(36)37)25(35-28)29(30,31)32/h15,17,19-21,24H,6-14,16,18H2,1-5H3,(H,36,37)(H,38,39)(H,33,34,35)/b22-15+/t20?,21?,24-/m0/s1. The number of thioether (sulfide) groups is 1. The van der Waals surface area contributed by atoms with Crippen LogP contribution in [0.4, 0.5) is 19.1 Å². The number of aromatic nitrogens is 2. The van der Waals surface area contributed by atoms with Crippen LogP contribution in [0.2, 0.25) is 0 Å². The number of nitrogens with one attached hydrogen (secondary N) is 1. The first-order valence-corrected chi connectivity index (χ1v) is 15.3. The number of allylic oxidation sites excluding steroid dienone is 1. The summed E-state index contributed by atoms with van der Waals surface area (Å²) in [5, 5.41) is 20.8. The SMILES string of the molecule is C/C(=C\CSC[C@H](Nc1ncc(C(=O)O)c(C(F)(F)F)n1)C(=O)O)CCCC(C)CCCC(C)CCCC(C)C. The number of rotatable bonds is 20. The molecule has 1 aromatic rings. The van der Waals surface area contributed by atoms with E-state index in [-0.39, 0.29) is 5.75 Å². The monoisotopic (exact) mass is 589 g/mol. The van der Waals surface area contributed by atoms with E-state index in [2.05, 4.69) is 43.0 Å². The molecule has 3 N–H and O–H groups in total. The first kappa shape index (κ1) is 35.7. The molecule has 1 aromatic heterocycles. The van der Waals surface area contributed by atoms with Gasteiger partial charge in [0.1, 0.15) is 11.6 Å². The molecule has 3 atom stereocenters. The minimum Gasteiger partial charge on any atom is -0.480 e. The number of nitrogens with zero attached hydrogens (tertiary/aromatic N) is 2. The molecule has 0 amide bonds. The van der Waals surface area contributed by atoms with E-state index in [1.54, 1.807) is 0 Å². The normalized spacial score (nSPS) is 14.7. The summed E-state index contributed by atoms with van der Waals surface area (Å²) in [7, 11) is 0. The molecule has 7 nitrogen and oxygen atoms in total. The molecule has 0 saturated carbocycles. The van der Waals surface area contributed by atoms with Gasteiger partial charge in [-0.15, -0.1) is 0 Å². The Labute approximate surface area is 240 Å². The minimum atomic E-state index is -5.02. The molecule has 1 heterocycles. The van der Waals surface area contributed by atoms with E-state index < -0.39 is 41.4 Å². The van der Waals surface area contributed by atoms with E-state index in [1.807, 2.05) is 13.0 Å². The lowest BCUT2D eigenvalue weighted by atomic mass is 9.91. The largest absolute Gasteiger partial charge is 0.480 e. The maximum absolute atomic E-state index is 13.2. The molecule has 1 rings (SSSR count). The Morgan fingerprint density at radius 3 is 2.10 bits per heavy atom. The van der Waals surface area contributed by atoms with Gasteiger partial charge < -0.3 is 15.5 Å². The summed E-state index contributed by atoms with van der Waals surface area (Å²) < 4.78 is 39.5. The lowest BCUT2D eigenvalue weighted by Crippen LogP contribution is -2.33. The molecule has 0 aliphatic heterocycles. The van der Waals surface area contributed by atoms with Crippen LogP contribution < -0.4 is 5.32 Å².